The number of carbonyl (C=O) groups excluding carboxylic acids is 2. The van der Waals surface area contributed by atoms with E-state index in [1.807, 2.05) is 0 Å². The van der Waals surface area contributed by atoms with Crippen LogP contribution in [0, 0.1) is 11.8 Å². The van der Waals surface area contributed by atoms with Crippen LogP contribution in [0.1, 0.15) is 0 Å². The third kappa shape index (κ3) is 46.5. The van der Waals surface area contributed by atoms with Gasteiger partial charge in [0.15, 0.2) is 0 Å². The summed E-state index contributed by atoms with van der Waals surface area (Å²) in [5.74, 6) is -0.00361. The second-order valence-electron chi connectivity index (χ2n) is 2.46. The quantitative estimate of drug-likeness (QED) is 0.211. The monoisotopic (exact) mass is 280 g/mol. The molecule has 103 valence electrons. The van der Waals surface area contributed by atoms with Crippen LogP contribution in [0.3, 0.4) is 0 Å². The van der Waals surface area contributed by atoms with Crippen molar-refractivity contribution in [1.29, 1.82) is 5.26 Å². The summed E-state index contributed by atoms with van der Waals surface area (Å²) in [6, 6.07) is 0. The average molecular weight is 280 g/mol. The van der Waals surface area contributed by atoms with Gasteiger partial charge in [0.25, 0.3) is 0 Å². The van der Waals surface area contributed by atoms with Crippen molar-refractivity contribution in [1.82, 2.24) is 10.6 Å². The summed E-state index contributed by atoms with van der Waals surface area (Å²) in [7, 11) is 4.72. The second kappa shape index (κ2) is 36.0. The Morgan fingerprint density at radius 2 is 1.84 bits per heavy atom. The molecule has 2 N–H and O–H groups in total. The fraction of sp³-hybridized carbons (Fsp3) is 0.700. The molecule has 0 atom stereocenters. The van der Waals surface area contributed by atoms with Crippen LogP contribution in [0.2, 0.25) is 0 Å². The number of hydrogen-bond acceptors (Lipinski definition) is 6. The fourth-order valence-electron chi connectivity index (χ4n) is 0.533. The van der Waals surface area contributed by atoms with Gasteiger partial charge in [-0.15, -0.1) is 0 Å². The van der Waals surface area contributed by atoms with Crippen LogP contribution in [0.4, 0.5) is 0 Å². The van der Waals surface area contributed by atoms with Crippen molar-refractivity contribution < 1.29 is 48.6 Å². The first-order valence-corrected chi connectivity index (χ1v) is 4.78. The molecule has 0 saturated heterocycles. The summed E-state index contributed by atoms with van der Waals surface area (Å²) in [5, 5.41) is 11.6. The summed E-state index contributed by atoms with van der Waals surface area (Å²) in [6.07, 6.45) is 0.708. The number of amides is 1. The number of ether oxygens (including phenoxy) is 2. The summed E-state index contributed by atoms with van der Waals surface area (Å²) < 4.78 is 9.09. The van der Waals surface area contributed by atoms with Gasteiger partial charge in [-0.2, -0.15) is 0 Å². The smallest absolute Gasteiger partial charge is 0.512 e. The molecule has 9 heteroatoms. The fourth-order valence-corrected chi connectivity index (χ4v) is 0.533. The van der Waals surface area contributed by atoms with Gasteiger partial charge < -0.3 is 36.7 Å². The molecule has 0 bridgehead atoms. The number of aldehydes is 1. The van der Waals surface area contributed by atoms with Crippen LogP contribution in [0.25, 0.3) is 0 Å². The molecule has 0 heterocycles. The van der Waals surface area contributed by atoms with E-state index in [0.29, 0.717) is 26.0 Å². The van der Waals surface area contributed by atoms with E-state index in [-0.39, 0.29) is 50.5 Å². The normalized spacial score (nSPS) is 7.00. The minimum absolute atomic E-state index is 0. The molecule has 0 saturated carbocycles. The number of likely N-dealkylation sites (N-methyl/N-ethyl adjacent to an activating group) is 1. The van der Waals surface area contributed by atoms with E-state index in [1.54, 1.807) is 14.2 Å². The van der Waals surface area contributed by atoms with Crippen LogP contribution in [0.15, 0.2) is 0 Å². The third-order valence-corrected chi connectivity index (χ3v) is 1.28. The summed E-state index contributed by atoms with van der Waals surface area (Å²) in [5.41, 5.74) is 0. The van der Waals surface area contributed by atoms with Crippen LogP contribution < -0.4 is 40.2 Å². The maximum Gasteiger partial charge on any atom is 1.00 e. The molecule has 0 aromatic rings. The molecule has 0 aliphatic rings. The van der Waals surface area contributed by atoms with Crippen molar-refractivity contribution in [2.24, 2.45) is 0 Å². The Labute approximate surface area is 139 Å². The van der Waals surface area contributed by atoms with Gasteiger partial charge in [0, 0.05) is 36.2 Å². The molecule has 0 aliphatic heterocycles. The van der Waals surface area contributed by atoms with Crippen molar-refractivity contribution in [3.63, 3.8) is 0 Å². The van der Waals surface area contributed by atoms with Crippen LogP contribution >= 0.6 is 0 Å². The zero-order chi connectivity index (χ0) is 13.9. The summed E-state index contributed by atoms with van der Waals surface area (Å²) >= 11 is 0. The predicted octanol–water partition coefficient (Wildman–Crippen LogP) is -4.48. The molecule has 0 fully saturated rings. The van der Waals surface area contributed by atoms with Gasteiger partial charge in [0.05, 0.1) is 13.2 Å². The largest absolute Gasteiger partial charge is 1.00 e. The summed E-state index contributed by atoms with van der Waals surface area (Å²) in [4.78, 5) is 19.8. The Balaban J connectivity index is -0.0000000627. The van der Waals surface area contributed by atoms with Crippen molar-refractivity contribution in [3.8, 4) is 0 Å². The number of nitrogens with zero attached hydrogens (tertiary/aromatic N) is 1. The van der Waals surface area contributed by atoms with Gasteiger partial charge in [-0.3, -0.25) is 4.79 Å². The van der Waals surface area contributed by atoms with E-state index in [9.17, 15) is 9.59 Å². The second-order valence-corrected chi connectivity index (χ2v) is 2.46. The number of hydrogen-bond donors (Lipinski definition) is 2. The number of carbonyl (C=O) groups is 2. The molecule has 0 rings (SSSR count). The zero-order valence-electron chi connectivity index (χ0n) is 12.1. The minimum atomic E-state index is -0.00361. The van der Waals surface area contributed by atoms with E-state index in [4.69, 9.17) is 16.6 Å². The van der Waals surface area contributed by atoms with Crippen molar-refractivity contribution >= 4 is 20.6 Å². The first kappa shape index (κ1) is 31.1. The molecule has 0 aromatic heterocycles. The molecule has 19 heavy (non-hydrogen) atoms. The number of nitrogens with one attached hydrogen (secondary N) is 2. The van der Waals surface area contributed by atoms with E-state index in [1.165, 1.54) is 7.11 Å². The number of rotatable bonds is 7. The van der Waals surface area contributed by atoms with E-state index < -0.39 is 0 Å². The van der Waals surface area contributed by atoms with Crippen molar-refractivity contribution in [2.45, 2.75) is 0 Å². The Bertz CT molecular complexity index is 197. The first-order valence-electron chi connectivity index (χ1n) is 4.78. The molecular formula is C10H20BN3NaO4. The molecule has 0 aliphatic carbocycles. The molecule has 3 radical (unpaired) electrons. The maximum atomic E-state index is 10.6. The standard InChI is InChI=1S/C6H14N2O2.C3H6O2.CN.B.Na/c1-7-6(9)5-8-3-4-10-2;1-5-3-2-4;1-2;;/h8H,3-5H2,1-2H3,(H,7,9);2H,3H2,1H3;;;/q;;-1;;+1. The van der Waals surface area contributed by atoms with Crippen LogP contribution in [-0.4, -0.2) is 68.2 Å². The van der Waals surface area contributed by atoms with Gasteiger partial charge in [0.2, 0.25) is 5.91 Å². The molecule has 0 unspecified atom stereocenters. The van der Waals surface area contributed by atoms with E-state index >= 15 is 0 Å². The predicted molar refractivity (Wildman–Crippen MR) is 67.5 cm³/mol. The SMILES string of the molecule is CNC(=O)CNCCOC.COCC=O.[B].[C-]#N.[Na+]. The van der Waals surface area contributed by atoms with Gasteiger partial charge in [-0.05, 0) is 0 Å². The average Bonchev–Trinajstić information content (AvgIpc) is 2.38. The number of methoxy groups -OCH3 is 2. The Morgan fingerprint density at radius 3 is 2.11 bits per heavy atom. The first-order chi connectivity index (χ1) is 8.22. The molecule has 1 amide bonds. The molecule has 7 nitrogen and oxygen atoms in total. The van der Waals surface area contributed by atoms with Crippen molar-refractivity contribution in [2.75, 3.05) is 47.6 Å². The Morgan fingerprint density at radius 1 is 1.32 bits per heavy atom. The van der Waals surface area contributed by atoms with E-state index in [2.05, 4.69) is 15.4 Å². The molecule has 0 spiro atoms. The molecular weight excluding hydrogens is 260 g/mol. The maximum absolute atomic E-state index is 10.6. The van der Waals surface area contributed by atoms with Gasteiger partial charge in [-0.1, -0.05) is 0 Å². The summed E-state index contributed by atoms with van der Waals surface area (Å²) in [6.45, 7) is 6.67. The van der Waals surface area contributed by atoms with Crippen LogP contribution in [-0.2, 0) is 19.1 Å². The van der Waals surface area contributed by atoms with Gasteiger partial charge >= 0.3 is 29.6 Å². The van der Waals surface area contributed by atoms with E-state index in [0.717, 1.165) is 0 Å². The topological polar surface area (TPSA) is 100 Å². The third-order valence-electron chi connectivity index (χ3n) is 1.28. The Hall–Kier alpha value is -0.425. The molecule has 0 aromatic carbocycles. The van der Waals surface area contributed by atoms with Gasteiger partial charge in [-0.25, -0.2) is 0 Å². The Kier molecular flexibility index (Phi) is 59.1. The van der Waals surface area contributed by atoms with Crippen molar-refractivity contribution in [3.05, 3.63) is 6.57 Å². The van der Waals surface area contributed by atoms with Gasteiger partial charge in [0.1, 0.15) is 12.9 Å². The minimum Gasteiger partial charge on any atom is -0.512 e. The zero-order valence-corrected chi connectivity index (χ0v) is 14.1. The van der Waals surface area contributed by atoms with Crippen LogP contribution in [0.5, 0.6) is 0 Å².